The van der Waals surface area contributed by atoms with E-state index in [1.165, 1.54) is 12.3 Å². The van der Waals surface area contributed by atoms with Crippen molar-refractivity contribution in [1.29, 1.82) is 0 Å². The summed E-state index contributed by atoms with van der Waals surface area (Å²) in [4.78, 5) is 26.6. The standard InChI is InChI=1S/C15H14N2O3/c1-9-5-10(2)7-11(6-9)14(18)17-12-3-4-16-13(8-12)15(19)20/h3-8H,1-2H3,(H,19,20)(H,16,17,18). The maximum absolute atomic E-state index is 12.1. The third-order valence-electron chi connectivity index (χ3n) is 2.72. The number of rotatable bonds is 3. The SMILES string of the molecule is Cc1cc(C)cc(C(=O)Nc2ccnc(C(=O)O)c2)c1. The number of hydrogen-bond acceptors (Lipinski definition) is 3. The molecule has 0 fully saturated rings. The fourth-order valence-corrected chi connectivity index (χ4v) is 1.93. The van der Waals surface area contributed by atoms with Gasteiger partial charge in [0.05, 0.1) is 0 Å². The number of carboxylic acid groups (broad SMARTS) is 1. The van der Waals surface area contributed by atoms with Crippen LogP contribution in [0.1, 0.15) is 32.0 Å². The predicted octanol–water partition coefficient (Wildman–Crippen LogP) is 2.65. The molecule has 5 heteroatoms. The number of pyridine rings is 1. The molecule has 1 amide bonds. The van der Waals surface area contributed by atoms with Crippen LogP contribution in [-0.4, -0.2) is 22.0 Å². The molecule has 1 aromatic heterocycles. The molecule has 0 saturated carbocycles. The van der Waals surface area contributed by atoms with Gasteiger partial charge in [0.15, 0.2) is 0 Å². The number of nitrogens with one attached hydrogen (secondary N) is 1. The summed E-state index contributed by atoms with van der Waals surface area (Å²) in [7, 11) is 0. The third kappa shape index (κ3) is 3.20. The van der Waals surface area contributed by atoms with Gasteiger partial charge in [-0.2, -0.15) is 0 Å². The first-order valence-corrected chi connectivity index (χ1v) is 6.05. The fourth-order valence-electron chi connectivity index (χ4n) is 1.93. The van der Waals surface area contributed by atoms with E-state index in [9.17, 15) is 9.59 Å². The molecule has 0 atom stereocenters. The lowest BCUT2D eigenvalue weighted by Gasteiger charge is -2.07. The Hall–Kier alpha value is -2.69. The summed E-state index contributed by atoms with van der Waals surface area (Å²) < 4.78 is 0. The molecule has 0 aliphatic carbocycles. The summed E-state index contributed by atoms with van der Waals surface area (Å²) in [6, 6.07) is 8.41. The number of aromatic carboxylic acids is 1. The number of carboxylic acids is 1. The molecule has 20 heavy (non-hydrogen) atoms. The summed E-state index contributed by atoms with van der Waals surface area (Å²) >= 11 is 0. The molecular formula is C15H14N2O3. The molecule has 2 N–H and O–H groups in total. The second-order valence-electron chi connectivity index (χ2n) is 4.57. The molecule has 2 aromatic rings. The van der Waals surface area contributed by atoms with Gasteiger partial charge in [-0.05, 0) is 38.1 Å². The first kappa shape index (κ1) is 13.7. The number of amides is 1. The van der Waals surface area contributed by atoms with Crippen molar-refractivity contribution in [3.05, 3.63) is 58.9 Å². The number of carbonyl (C=O) groups is 2. The molecule has 0 unspecified atom stereocenters. The molecule has 102 valence electrons. The smallest absolute Gasteiger partial charge is 0.354 e. The van der Waals surface area contributed by atoms with Gasteiger partial charge in [0.2, 0.25) is 0 Å². The van der Waals surface area contributed by atoms with Gasteiger partial charge in [-0.15, -0.1) is 0 Å². The van der Waals surface area contributed by atoms with Gasteiger partial charge in [0, 0.05) is 17.4 Å². The normalized spacial score (nSPS) is 10.1. The van der Waals surface area contributed by atoms with Crippen molar-refractivity contribution < 1.29 is 14.7 Å². The molecule has 0 saturated heterocycles. The van der Waals surface area contributed by atoms with Crippen LogP contribution in [0.15, 0.2) is 36.5 Å². The van der Waals surface area contributed by atoms with Crippen molar-refractivity contribution >= 4 is 17.6 Å². The minimum absolute atomic E-state index is 0.108. The number of carbonyl (C=O) groups excluding carboxylic acids is 1. The van der Waals surface area contributed by atoms with Crippen LogP contribution in [-0.2, 0) is 0 Å². The summed E-state index contributed by atoms with van der Waals surface area (Å²) in [6.45, 7) is 3.83. The lowest BCUT2D eigenvalue weighted by molar-refractivity contribution is 0.0690. The summed E-state index contributed by atoms with van der Waals surface area (Å²) in [5.41, 5.74) is 2.83. The van der Waals surface area contributed by atoms with E-state index >= 15 is 0 Å². The van der Waals surface area contributed by atoms with Crippen LogP contribution in [0, 0.1) is 13.8 Å². The number of benzene rings is 1. The van der Waals surface area contributed by atoms with Crippen molar-refractivity contribution in [3.8, 4) is 0 Å². The van der Waals surface area contributed by atoms with E-state index in [1.807, 2.05) is 19.9 Å². The zero-order valence-electron chi connectivity index (χ0n) is 11.2. The van der Waals surface area contributed by atoms with E-state index < -0.39 is 5.97 Å². The van der Waals surface area contributed by atoms with Gasteiger partial charge < -0.3 is 10.4 Å². The molecule has 0 aliphatic rings. The van der Waals surface area contributed by atoms with Crippen molar-refractivity contribution in [2.24, 2.45) is 0 Å². The number of anilines is 1. The van der Waals surface area contributed by atoms with E-state index in [1.54, 1.807) is 18.2 Å². The zero-order chi connectivity index (χ0) is 14.7. The highest BCUT2D eigenvalue weighted by Gasteiger charge is 2.10. The van der Waals surface area contributed by atoms with E-state index in [0.717, 1.165) is 11.1 Å². The van der Waals surface area contributed by atoms with Gasteiger partial charge in [-0.25, -0.2) is 9.78 Å². The number of aryl methyl sites for hydroxylation is 2. The molecule has 0 bridgehead atoms. The Morgan fingerprint density at radius 2 is 1.75 bits per heavy atom. The third-order valence-corrected chi connectivity index (χ3v) is 2.72. The molecule has 2 rings (SSSR count). The van der Waals surface area contributed by atoms with Crippen LogP contribution in [0.3, 0.4) is 0 Å². The highest BCUT2D eigenvalue weighted by Crippen LogP contribution is 2.13. The monoisotopic (exact) mass is 270 g/mol. The Kier molecular flexibility index (Phi) is 3.79. The maximum atomic E-state index is 12.1. The number of hydrogen-bond donors (Lipinski definition) is 2. The fraction of sp³-hybridized carbons (Fsp3) is 0.133. The van der Waals surface area contributed by atoms with E-state index in [0.29, 0.717) is 11.3 Å². The molecular weight excluding hydrogens is 256 g/mol. The van der Waals surface area contributed by atoms with Crippen LogP contribution in [0.2, 0.25) is 0 Å². The first-order valence-electron chi connectivity index (χ1n) is 6.05. The lowest BCUT2D eigenvalue weighted by atomic mass is 10.1. The van der Waals surface area contributed by atoms with Crippen LogP contribution in [0.4, 0.5) is 5.69 Å². The molecule has 1 heterocycles. The Morgan fingerprint density at radius 1 is 1.10 bits per heavy atom. The van der Waals surface area contributed by atoms with Crippen molar-refractivity contribution in [3.63, 3.8) is 0 Å². The molecule has 5 nitrogen and oxygen atoms in total. The maximum Gasteiger partial charge on any atom is 0.354 e. The van der Waals surface area contributed by atoms with Crippen molar-refractivity contribution in [1.82, 2.24) is 4.98 Å². The molecule has 0 spiro atoms. The van der Waals surface area contributed by atoms with Gasteiger partial charge >= 0.3 is 5.97 Å². The Balaban J connectivity index is 2.23. The quantitative estimate of drug-likeness (QED) is 0.898. The Bertz CT molecular complexity index is 660. The van der Waals surface area contributed by atoms with E-state index in [2.05, 4.69) is 10.3 Å². The number of aromatic nitrogens is 1. The van der Waals surface area contributed by atoms with Gasteiger partial charge in [-0.3, -0.25) is 4.79 Å². The Morgan fingerprint density at radius 3 is 2.35 bits per heavy atom. The van der Waals surface area contributed by atoms with Crippen molar-refractivity contribution in [2.75, 3.05) is 5.32 Å². The predicted molar refractivity (Wildman–Crippen MR) is 75.1 cm³/mol. The first-order chi connectivity index (χ1) is 9.45. The van der Waals surface area contributed by atoms with Crippen molar-refractivity contribution in [2.45, 2.75) is 13.8 Å². The molecule has 1 aromatic carbocycles. The van der Waals surface area contributed by atoms with Crippen LogP contribution in [0.5, 0.6) is 0 Å². The topological polar surface area (TPSA) is 79.3 Å². The summed E-state index contributed by atoms with van der Waals surface area (Å²) in [5, 5.41) is 11.5. The highest BCUT2D eigenvalue weighted by molar-refractivity contribution is 6.04. The molecule has 0 radical (unpaired) electrons. The minimum atomic E-state index is -1.13. The average Bonchev–Trinajstić information content (AvgIpc) is 2.37. The number of nitrogens with zero attached hydrogens (tertiary/aromatic N) is 1. The minimum Gasteiger partial charge on any atom is -0.477 e. The van der Waals surface area contributed by atoms with Crippen LogP contribution < -0.4 is 5.32 Å². The second kappa shape index (κ2) is 5.52. The average molecular weight is 270 g/mol. The van der Waals surface area contributed by atoms with E-state index in [-0.39, 0.29) is 11.6 Å². The van der Waals surface area contributed by atoms with Crippen LogP contribution >= 0.6 is 0 Å². The zero-order valence-corrected chi connectivity index (χ0v) is 11.2. The Labute approximate surface area is 116 Å². The van der Waals surface area contributed by atoms with E-state index in [4.69, 9.17) is 5.11 Å². The van der Waals surface area contributed by atoms with Gasteiger partial charge in [0.25, 0.3) is 5.91 Å². The highest BCUT2D eigenvalue weighted by atomic mass is 16.4. The van der Waals surface area contributed by atoms with Gasteiger partial charge in [0.1, 0.15) is 5.69 Å². The molecule has 0 aliphatic heterocycles. The summed E-state index contributed by atoms with van der Waals surface area (Å²) in [5.74, 6) is -1.41. The largest absolute Gasteiger partial charge is 0.477 e. The second-order valence-corrected chi connectivity index (χ2v) is 4.57. The lowest BCUT2D eigenvalue weighted by Crippen LogP contribution is -2.13. The summed E-state index contributed by atoms with van der Waals surface area (Å²) in [6.07, 6.45) is 1.35. The van der Waals surface area contributed by atoms with Crippen LogP contribution in [0.25, 0.3) is 0 Å². The van der Waals surface area contributed by atoms with Gasteiger partial charge in [-0.1, -0.05) is 17.2 Å².